The lowest BCUT2D eigenvalue weighted by Crippen LogP contribution is -2.18. The number of nitrogens with one attached hydrogen (secondary N) is 1. The summed E-state index contributed by atoms with van der Waals surface area (Å²) in [6.45, 7) is 0. The lowest BCUT2D eigenvalue weighted by molar-refractivity contribution is 0.0996. The van der Waals surface area contributed by atoms with E-state index in [1.807, 2.05) is 41.8 Å². The lowest BCUT2D eigenvalue weighted by atomic mass is 10.1. The number of benzene rings is 2. The molecule has 3 N–H and O–H groups in total. The number of carbonyl (C=O) groups is 1. The van der Waals surface area contributed by atoms with Crippen LogP contribution in [0.15, 0.2) is 64.9 Å². The highest BCUT2D eigenvalue weighted by Gasteiger charge is 2.23. The van der Waals surface area contributed by atoms with Crippen LogP contribution in [0.4, 0.5) is 0 Å². The van der Waals surface area contributed by atoms with Crippen LogP contribution in [0.25, 0.3) is 38.3 Å². The minimum Gasteiger partial charge on any atom is -0.364 e. The minimum absolute atomic E-state index is 0.0883. The molecule has 2 aromatic carbocycles. The number of rotatable bonds is 4. The van der Waals surface area contributed by atoms with Gasteiger partial charge in [0, 0.05) is 11.1 Å². The summed E-state index contributed by atoms with van der Waals surface area (Å²) in [7, 11) is 0. The molecule has 0 atom stereocenters. The van der Waals surface area contributed by atoms with Gasteiger partial charge in [-0.05, 0) is 40.3 Å². The molecule has 3 heterocycles. The Labute approximate surface area is 206 Å². The number of thiophene rings is 1. The second-order valence-electron chi connectivity index (χ2n) is 7.18. The van der Waals surface area contributed by atoms with Crippen LogP contribution in [-0.2, 0) is 0 Å². The molecule has 1 amide bonds. The van der Waals surface area contributed by atoms with Crippen LogP contribution >= 0.6 is 46.1 Å². The summed E-state index contributed by atoms with van der Waals surface area (Å²) in [5.74, 6) is -0.705. The molecule has 33 heavy (non-hydrogen) atoms. The van der Waals surface area contributed by atoms with Gasteiger partial charge >= 0.3 is 0 Å². The molecule has 0 aliphatic rings. The second kappa shape index (κ2) is 8.35. The molecule has 5 aromatic rings. The summed E-state index contributed by atoms with van der Waals surface area (Å²) < 4.78 is 1.20. The normalized spacial score (nSPS) is 11.2. The quantitative estimate of drug-likeness (QED) is 0.281. The number of fused-ring (bicyclic) bond motifs is 1. The minimum atomic E-state index is -0.705. The number of primary amides is 1. The van der Waals surface area contributed by atoms with Gasteiger partial charge in [-0.1, -0.05) is 65.1 Å². The van der Waals surface area contributed by atoms with Gasteiger partial charge in [-0.25, -0.2) is 4.98 Å². The van der Waals surface area contributed by atoms with Gasteiger partial charge < -0.3 is 5.73 Å². The molecule has 0 spiro atoms. The maximum atomic E-state index is 13.3. The van der Waals surface area contributed by atoms with E-state index in [0.717, 1.165) is 16.0 Å². The molecule has 0 fully saturated rings. The molecule has 164 valence electrons. The van der Waals surface area contributed by atoms with E-state index in [9.17, 15) is 9.59 Å². The molecule has 0 saturated heterocycles. The first-order valence-electron chi connectivity index (χ1n) is 9.58. The maximum Gasteiger partial charge on any atom is 0.280 e. The van der Waals surface area contributed by atoms with Crippen molar-refractivity contribution in [3.63, 3.8) is 0 Å². The topological polar surface area (TPSA) is 93.3 Å². The Morgan fingerprint density at radius 3 is 2.36 bits per heavy atom. The Bertz CT molecular complexity index is 1580. The molecule has 0 unspecified atom stereocenters. The van der Waals surface area contributed by atoms with Crippen molar-refractivity contribution in [3.05, 3.63) is 91.2 Å². The summed E-state index contributed by atoms with van der Waals surface area (Å²) in [6, 6.07) is 14.8. The van der Waals surface area contributed by atoms with Crippen LogP contribution in [0.5, 0.6) is 0 Å². The van der Waals surface area contributed by atoms with Crippen molar-refractivity contribution in [1.82, 2.24) is 14.6 Å². The van der Waals surface area contributed by atoms with Crippen molar-refractivity contribution in [2.45, 2.75) is 0 Å². The number of amides is 1. The van der Waals surface area contributed by atoms with Crippen LogP contribution in [0, 0.1) is 0 Å². The second-order valence-corrected chi connectivity index (χ2v) is 9.29. The Morgan fingerprint density at radius 1 is 1.00 bits per heavy atom. The fraction of sp³-hybridized carbons (Fsp3) is 0. The fourth-order valence-corrected chi connectivity index (χ4v) is 5.15. The molecule has 3 aromatic heterocycles. The van der Waals surface area contributed by atoms with Crippen LogP contribution < -0.4 is 11.3 Å². The molecular formula is C23H13Cl3N4O2S. The zero-order valence-electron chi connectivity index (χ0n) is 16.6. The SMILES string of the molecule is NC(=O)c1[nH]n2c(=O)c(-c3cc(Cl)c(Cl)c(Cl)c3)cnc2c1-c1cc(-c2ccccc2)cs1. The number of hydrogen-bond acceptors (Lipinski definition) is 4. The van der Waals surface area contributed by atoms with Gasteiger partial charge in [0.05, 0.1) is 26.2 Å². The van der Waals surface area contributed by atoms with Crippen molar-refractivity contribution < 1.29 is 4.79 Å². The van der Waals surface area contributed by atoms with Crippen molar-refractivity contribution in [3.8, 4) is 32.7 Å². The molecule has 10 heteroatoms. The number of nitrogens with two attached hydrogens (primary N) is 1. The van der Waals surface area contributed by atoms with Gasteiger partial charge in [-0.2, -0.15) is 4.52 Å². The maximum absolute atomic E-state index is 13.3. The third-order valence-electron chi connectivity index (χ3n) is 5.15. The molecule has 0 saturated carbocycles. The van der Waals surface area contributed by atoms with Crippen LogP contribution in [0.3, 0.4) is 0 Å². The van der Waals surface area contributed by atoms with Gasteiger partial charge in [-0.3, -0.25) is 14.7 Å². The van der Waals surface area contributed by atoms with E-state index in [2.05, 4.69) is 10.1 Å². The Hall–Kier alpha value is -3.10. The van der Waals surface area contributed by atoms with Gasteiger partial charge in [0.15, 0.2) is 5.65 Å². The zero-order valence-corrected chi connectivity index (χ0v) is 19.7. The van der Waals surface area contributed by atoms with E-state index in [4.69, 9.17) is 40.5 Å². The Balaban J connectivity index is 1.71. The van der Waals surface area contributed by atoms with Crippen LogP contribution in [0.1, 0.15) is 10.5 Å². The van der Waals surface area contributed by atoms with E-state index in [1.165, 1.54) is 34.2 Å². The zero-order chi connectivity index (χ0) is 23.3. The molecule has 0 bridgehead atoms. The predicted molar refractivity (Wildman–Crippen MR) is 134 cm³/mol. The number of carbonyl (C=O) groups excluding carboxylic acids is 1. The molecule has 5 rings (SSSR count). The molecule has 0 radical (unpaired) electrons. The number of aromatic nitrogens is 3. The third-order valence-corrected chi connectivity index (χ3v) is 7.30. The highest BCUT2D eigenvalue weighted by Crippen LogP contribution is 2.37. The number of H-pyrrole nitrogens is 1. The Kier molecular flexibility index (Phi) is 5.50. The van der Waals surface area contributed by atoms with E-state index in [1.54, 1.807) is 0 Å². The summed E-state index contributed by atoms with van der Waals surface area (Å²) in [5.41, 5.74) is 8.71. The molecule has 0 aliphatic heterocycles. The monoisotopic (exact) mass is 514 g/mol. The number of nitrogens with zero attached hydrogens (tertiary/aromatic N) is 2. The fourth-order valence-electron chi connectivity index (χ4n) is 3.58. The third kappa shape index (κ3) is 3.73. The number of hydrogen-bond donors (Lipinski definition) is 2. The lowest BCUT2D eigenvalue weighted by Gasteiger charge is -2.05. The van der Waals surface area contributed by atoms with Gasteiger partial charge in [-0.15, -0.1) is 11.3 Å². The van der Waals surface area contributed by atoms with Crippen molar-refractivity contribution >= 4 is 57.7 Å². The number of aromatic amines is 1. The summed E-state index contributed by atoms with van der Waals surface area (Å²) in [5, 5.41) is 5.40. The smallest absolute Gasteiger partial charge is 0.280 e. The highest BCUT2D eigenvalue weighted by molar-refractivity contribution is 7.14. The van der Waals surface area contributed by atoms with Crippen molar-refractivity contribution in [2.24, 2.45) is 5.73 Å². The van der Waals surface area contributed by atoms with Crippen LogP contribution in [0.2, 0.25) is 15.1 Å². The standard InChI is InChI=1S/C23H13Cl3N4O2S/c24-15-6-12(7-16(25)19(15)26)14-9-28-22-18(20(21(27)31)29-30(22)23(14)32)17-8-13(10-33-17)11-4-2-1-3-5-11/h1-10,29H,(H2,27,31). The summed E-state index contributed by atoms with van der Waals surface area (Å²) >= 11 is 19.7. The molecular weight excluding hydrogens is 503 g/mol. The average Bonchev–Trinajstić information content (AvgIpc) is 3.43. The largest absolute Gasteiger partial charge is 0.364 e. The highest BCUT2D eigenvalue weighted by atomic mass is 35.5. The van der Waals surface area contributed by atoms with Gasteiger partial charge in [0.1, 0.15) is 5.69 Å². The molecule has 6 nitrogen and oxygen atoms in total. The summed E-state index contributed by atoms with van der Waals surface area (Å²) in [6.07, 6.45) is 1.42. The Morgan fingerprint density at radius 2 is 1.70 bits per heavy atom. The van der Waals surface area contributed by atoms with Gasteiger partial charge in [0.25, 0.3) is 11.5 Å². The van der Waals surface area contributed by atoms with Gasteiger partial charge in [0.2, 0.25) is 0 Å². The average molecular weight is 516 g/mol. The van der Waals surface area contributed by atoms with Crippen LogP contribution in [-0.4, -0.2) is 20.5 Å². The first-order chi connectivity index (χ1) is 15.8. The van der Waals surface area contributed by atoms with Crippen molar-refractivity contribution in [1.29, 1.82) is 0 Å². The first kappa shape index (κ1) is 21.7. The van der Waals surface area contributed by atoms with E-state index < -0.39 is 11.5 Å². The van der Waals surface area contributed by atoms with E-state index in [0.29, 0.717) is 11.1 Å². The number of halogens is 3. The molecule has 0 aliphatic carbocycles. The summed E-state index contributed by atoms with van der Waals surface area (Å²) in [4.78, 5) is 30.8. The predicted octanol–water partition coefficient (Wildman–Crippen LogP) is 6.14. The first-order valence-corrected chi connectivity index (χ1v) is 11.6. The van der Waals surface area contributed by atoms with E-state index in [-0.39, 0.29) is 32.0 Å². The van der Waals surface area contributed by atoms with Crippen molar-refractivity contribution in [2.75, 3.05) is 0 Å². The van der Waals surface area contributed by atoms with E-state index >= 15 is 0 Å².